The van der Waals surface area contributed by atoms with Crippen LogP contribution in [0.1, 0.15) is 18.7 Å². The number of hydrogen-bond acceptors (Lipinski definition) is 6. The Morgan fingerprint density at radius 3 is 3.20 bits per heavy atom. The molecule has 0 saturated carbocycles. The van der Waals surface area contributed by atoms with Crippen molar-refractivity contribution in [1.29, 1.82) is 0 Å². The highest BCUT2D eigenvalue weighted by Crippen LogP contribution is 2.26. The van der Waals surface area contributed by atoms with Gasteiger partial charge in [0.05, 0.1) is 18.0 Å². The number of likely N-dealkylation sites (tertiary alicyclic amines) is 1. The van der Waals surface area contributed by atoms with E-state index < -0.39 is 0 Å². The van der Waals surface area contributed by atoms with Crippen LogP contribution in [-0.2, 0) is 11.3 Å². The molecule has 1 aliphatic heterocycles. The first-order chi connectivity index (χ1) is 9.69. The Bertz CT molecular complexity index is 641. The van der Waals surface area contributed by atoms with Gasteiger partial charge in [-0.15, -0.1) is 11.3 Å². The van der Waals surface area contributed by atoms with E-state index in [1.807, 2.05) is 18.5 Å². The van der Waals surface area contributed by atoms with E-state index in [4.69, 9.17) is 5.73 Å². The summed E-state index contributed by atoms with van der Waals surface area (Å²) >= 11 is 1.59. The summed E-state index contributed by atoms with van der Waals surface area (Å²) in [6, 6.07) is 1.83. The van der Waals surface area contributed by atoms with Crippen LogP contribution >= 0.6 is 11.3 Å². The maximum atomic E-state index is 11.4. The molecular weight excluding hydrogens is 274 g/mol. The average Bonchev–Trinajstić information content (AvgIpc) is 3.06. The zero-order valence-electron chi connectivity index (χ0n) is 11.3. The van der Waals surface area contributed by atoms with Crippen LogP contribution in [0.5, 0.6) is 0 Å². The number of carbonyl (C=O) groups is 1. The number of thiophene rings is 1. The van der Waals surface area contributed by atoms with Crippen LogP contribution in [0.15, 0.2) is 11.4 Å². The van der Waals surface area contributed by atoms with Crippen LogP contribution in [0, 0.1) is 0 Å². The molecule has 1 unspecified atom stereocenters. The molecule has 1 saturated heterocycles. The molecule has 1 aliphatic rings. The number of nitrogens with two attached hydrogens (primary N) is 1. The van der Waals surface area contributed by atoms with E-state index >= 15 is 0 Å². The van der Waals surface area contributed by atoms with E-state index in [9.17, 15) is 4.79 Å². The largest absolute Gasteiger partial charge is 0.372 e. The van der Waals surface area contributed by atoms with E-state index in [2.05, 4.69) is 20.2 Å². The number of nitrogens with one attached hydrogen (secondary N) is 1. The zero-order valence-corrected chi connectivity index (χ0v) is 12.1. The predicted molar refractivity (Wildman–Crippen MR) is 79.6 cm³/mol. The van der Waals surface area contributed by atoms with E-state index in [1.165, 1.54) is 0 Å². The minimum atomic E-state index is -0.256. The summed E-state index contributed by atoms with van der Waals surface area (Å²) < 4.78 is 0. The Morgan fingerprint density at radius 1 is 1.60 bits per heavy atom. The minimum Gasteiger partial charge on any atom is -0.372 e. The molecule has 0 radical (unpaired) electrons. The van der Waals surface area contributed by atoms with Gasteiger partial charge < -0.3 is 11.1 Å². The van der Waals surface area contributed by atoms with Crippen molar-refractivity contribution < 1.29 is 4.79 Å². The van der Waals surface area contributed by atoms with Gasteiger partial charge in [-0.3, -0.25) is 9.69 Å². The fourth-order valence-corrected chi connectivity index (χ4v) is 3.46. The fourth-order valence-electron chi connectivity index (χ4n) is 2.68. The molecule has 0 bridgehead atoms. The van der Waals surface area contributed by atoms with Crippen molar-refractivity contribution >= 4 is 33.3 Å². The van der Waals surface area contributed by atoms with Crippen LogP contribution in [-0.4, -0.2) is 40.4 Å². The summed E-state index contributed by atoms with van der Waals surface area (Å²) in [5.74, 6) is 1.31. The molecule has 6 nitrogen and oxygen atoms in total. The molecule has 3 heterocycles. The van der Waals surface area contributed by atoms with Crippen LogP contribution in [0.3, 0.4) is 0 Å². The summed E-state index contributed by atoms with van der Waals surface area (Å²) in [7, 11) is 1.85. The van der Waals surface area contributed by atoms with Gasteiger partial charge in [0, 0.05) is 7.05 Å². The van der Waals surface area contributed by atoms with Gasteiger partial charge in [0.2, 0.25) is 5.91 Å². The SMILES string of the molecule is CNc1nc(CN2CCCC2C(N)=O)nc2sccc12. The Kier molecular flexibility index (Phi) is 3.54. The van der Waals surface area contributed by atoms with Crippen molar-refractivity contribution in [2.24, 2.45) is 5.73 Å². The number of amides is 1. The minimum absolute atomic E-state index is 0.185. The number of aromatic nitrogens is 2. The molecule has 0 spiro atoms. The molecule has 0 aliphatic carbocycles. The third-order valence-corrected chi connectivity index (χ3v) is 4.45. The van der Waals surface area contributed by atoms with Crippen molar-refractivity contribution in [3.63, 3.8) is 0 Å². The van der Waals surface area contributed by atoms with Crippen molar-refractivity contribution in [1.82, 2.24) is 14.9 Å². The molecule has 7 heteroatoms. The highest BCUT2D eigenvalue weighted by atomic mass is 32.1. The van der Waals surface area contributed by atoms with Gasteiger partial charge in [-0.05, 0) is 30.8 Å². The standard InChI is InChI=1S/C13H17N5OS/c1-15-12-8-4-6-20-13(8)17-10(16-12)7-18-5-2-3-9(18)11(14)19/h4,6,9H,2-3,5,7H2,1H3,(H2,14,19)(H,15,16,17). The van der Waals surface area contributed by atoms with Crippen molar-refractivity contribution in [3.8, 4) is 0 Å². The second-order valence-corrected chi connectivity index (χ2v) is 5.80. The summed E-state index contributed by atoms with van der Waals surface area (Å²) in [6.45, 7) is 1.43. The Balaban J connectivity index is 1.88. The summed E-state index contributed by atoms with van der Waals surface area (Å²) in [5, 5.41) is 6.14. The lowest BCUT2D eigenvalue weighted by molar-refractivity contribution is -0.122. The highest BCUT2D eigenvalue weighted by molar-refractivity contribution is 7.16. The van der Waals surface area contributed by atoms with Crippen molar-refractivity contribution in [2.75, 3.05) is 18.9 Å². The molecule has 1 atom stereocenters. The van der Waals surface area contributed by atoms with E-state index in [-0.39, 0.29) is 11.9 Å². The fraction of sp³-hybridized carbons (Fsp3) is 0.462. The normalized spacial score (nSPS) is 19.6. The number of primary amides is 1. The van der Waals surface area contributed by atoms with Gasteiger partial charge in [0.25, 0.3) is 0 Å². The third-order valence-electron chi connectivity index (χ3n) is 3.64. The second kappa shape index (κ2) is 5.34. The molecule has 3 rings (SSSR count). The molecule has 1 amide bonds. The number of rotatable bonds is 4. The molecule has 2 aromatic rings. The van der Waals surface area contributed by atoms with Gasteiger partial charge in [-0.2, -0.15) is 0 Å². The molecule has 0 aromatic carbocycles. The monoisotopic (exact) mass is 291 g/mol. The van der Waals surface area contributed by atoms with Gasteiger partial charge in [0.1, 0.15) is 16.5 Å². The topological polar surface area (TPSA) is 84.1 Å². The molecular formula is C13H17N5OS. The predicted octanol–water partition coefficient (Wildman–Crippen LogP) is 1.18. The average molecular weight is 291 g/mol. The maximum absolute atomic E-state index is 11.4. The highest BCUT2D eigenvalue weighted by Gasteiger charge is 2.29. The van der Waals surface area contributed by atoms with Gasteiger partial charge in [0.15, 0.2) is 0 Å². The molecule has 106 valence electrons. The molecule has 3 N–H and O–H groups in total. The van der Waals surface area contributed by atoms with Crippen molar-refractivity contribution in [3.05, 3.63) is 17.3 Å². The lowest BCUT2D eigenvalue weighted by Gasteiger charge is -2.20. The first kappa shape index (κ1) is 13.3. The smallest absolute Gasteiger partial charge is 0.234 e. The first-order valence-corrected chi connectivity index (χ1v) is 7.52. The van der Waals surface area contributed by atoms with Crippen molar-refractivity contribution in [2.45, 2.75) is 25.4 Å². The quantitative estimate of drug-likeness (QED) is 0.883. The molecule has 20 heavy (non-hydrogen) atoms. The van der Waals surface area contributed by atoms with Gasteiger partial charge in [-0.1, -0.05) is 0 Å². The summed E-state index contributed by atoms with van der Waals surface area (Å²) in [5.41, 5.74) is 5.44. The van der Waals surface area contributed by atoms with E-state index in [0.717, 1.165) is 41.2 Å². The number of anilines is 1. The summed E-state index contributed by atoms with van der Waals surface area (Å²) in [6.07, 6.45) is 1.82. The number of nitrogens with zero attached hydrogens (tertiary/aromatic N) is 3. The maximum Gasteiger partial charge on any atom is 0.234 e. The lowest BCUT2D eigenvalue weighted by Crippen LogP contribution is -2.40. The number of carbonyl (C=O) groups excluding carboxylic acids is 1. The number of hydrogen-bond donors (Lipinski definition) is 2. The van der Waals surface area contributed by atoms with Crippen LogP contribution in [0.4, 0.5) is 5.82 Å². The van der Waals surface area contributed by atoms with Crippen LogP contribution in [0.2, 0.25) is 0 Å². The van der Waals surface area contributed by atoms with Crippen LogP contribution in [0.25, 0.3) is 10.2 Å². The molecule has 2 aromatic heterocycles. The Labute approximate surface area is 121 Å². The van der Waals surface area contributed by atoms with Crippen LogP contribution < -0.4 is 11.1 Å². The van der Waals surface area contributed by atoms with E-state index in [1.54, 1.807) is 11.3 Å². The van der Waals surface area contributed by atoms with E-state index in [0.29, 0.717) is 6.54 Å². The number of fused-ring (bicyclic) bond motifs is 1. The Morgan fingerprint density at radius 2 is 2.45 bits per heavy atom. The molecule has 1 fully saturated rings. The third kappa shape index (κ3) is 2.34. The first-order valence-electron chi connectivity index (χ1n) is 6.64. The zero-order chi connectivity index (χ0) is 14.1. The van der Waals surface area contributed by atoms with Gasteiger partial charge in [-0.25, -0.2) is 9.97 Å². The summed E-state index contributed by atoms with van der Waals surface area (Å²) in [4.78, 5) is 23.6. The van der Waals surface area contributed by atoms with Gasteiger partial charge >= 0.3 is 0 Å². The Hall–Kier alpha value is -1.73. The second-order valence-electron chi connectivity index (χ2n) is 4.91. The lowest BCUT2D eigenvalue weighted by atomic mass is 10.2.